The second-order valence-corrected chi connectivity index (χ2v) is 5.71. The molecule has 1 aromatic carbocycles. The maximum absolute atomic E-state index is 14.1. The van der Waals surface area contributed by atoms with Gasteiger partial charge in [-0.2, -0.15) is 0 Å². The number of nitrogens with two attached hydrogens (primary N) is 1. The molecule has 1 unspecified atom stereocenters. The lowest BCUT2D eigenvalue weighted by molar-refractivity contribution is -0.130. The number of carbonyl (C=O) groups is 1. The molecule has 0 saturated carbocycles. The van der Waals surface area contributed by atoms with E-state index in [0.717, 1.165) is 17.6 Å². The standard InChI is InChI=1S/C13H17BrFN3O/c1-13(12(16)19,18-6-4-17-5-7-18)10-8-9(14)2-3-11(10)15/h2-3,8,17H,4-7H2,1H3,(H2,16,19). The van der Waals surface area contributed by atoms with E-state index in [0.29, 0.717) is 18.7 Å². The second kappa shape index (κ2) is 5.56. The van der Waals surface area contributed by atoms with Gasteiger partial charge in [-0.3, -0.25) is 9.69 Å². The van der Waals surface area contributed by atoms with Crippen LogP contribution in [-0.2, 0) is 10.3 Å². The Labute approximate surface area is 120 Å². The summed E-state index contributed by atoms with van der Waals surface area (Å²) >= 11 is 3.31. The largest absolute Gasteiger partial charge is 0.368 e. The molecule has 1 aromatic rings. The molecule has 6 heteroatoms. The topological polar surface area (TPSA) is 58.4 Å². The van der Waals surface area contributed by atoms with Crippen molar-refractivity contribution in [1.29, 1.82) is 0 Å². The lowest BCUT2D eigenvalue weighted by Crippen LogP contribution is -2.58. The minimum atomic E-state index is -1.13. The van der Waals surface area contributed by atoms with Gasteiger partial charge in [-0.15, -0.1) is 0 Å². The molecule has 0 radical (unpaired) electrons. The molecule has 1 aliphatic heterocycles. The Morgan fingerprint density at radius 2 is 2.11 bits per heavy atom. The fraction of sp³-hybridized carbons (Fsp3) is 0.462. The molecule has 0 aromatic heterocycles. The minimum Gasteiger partial charge on any atom is -0.368 e. The van der Waals surface area contributed by atoms with Crippen molar-refractivity contribution in [3.8, 4) is 0 Å². The molecule has 1 saturated heterocycles. The predicted molar refractivity (Wildman–Crippen MR) is 75.1 cm³/mol. The highest BCUT2D eigenvalue weighted by molar-refractivity contribution is 9.10. The van der Waals surface area contributed by atoms with Crippen LogP contribution in [0.2, 0.25) is 0 Å². The van der Waals surface area contributed by atoms with Crippen LogP contribution in [0, 0.1) is 5.82 Å². The number of rotatable bonds is 3. The summed E-state index contributed by atoms with van der Waals surface area (Å²) in [5.74, 6) is -0.950. The Morgan fingerprint density at radius 1 is 1.47 bits per heavy atom. The maximum atomic E-state index is 14.1. The third-order valence-corrected chi connectivity index (χ3v) is 4.18. The molecule has 104 valence electrons. The molecule has 0 spiro atoms. The zero-order valence-electron chi connectivity index (χ0n) is 10.7. The average Bonchev–Trinajstić information content (AvgIpc) is 2.41. The van der Waals surface area contributed by atoms with Gasteiger partial charge in [0.25, 0.3) is 0 Å². The second-order valence-electron chi connectivity index (χ2n) is 4.80. The Morgan fingerprint density at radius 3 is 2.68 bits per heavy atom. The number of piperazine rings is 1. The van der Waals surface area contributed by atoms with Gasteiger partial charge in [0.15, 0.2) is 0 Å². The first-order valence-electron chi connectivity index (χ1n) is 6.17. The van der Waals surface area contributed by atoms with E-state index in [9.17, 15) is 9.18 Å². The highest BCUT2D eigenvalue weighted by atomic mass is 79.9. The van der Waals surface area contributed by atoms with Crippen molar-refractivity contribution >= 4 is 21.8 Å². The third kappa shape index (κ3) is 2.66. The van der Waals surface area contributed by atoms with E-state index in [2.05, 4.69) is 21.2 Å². The van der Waals surface area contributed by atoms with Gasteiger partial charge in [0.2, 0.25) is 5.91 Å². The number of nitrogens with zero attached hydrogens (tertiary/aromatic N) is 1. The molecule has 3 N–H and O–H groups in total. The van der Waals surface area contributed by atoms with Gasteiger partial charge in [0.05, 0.1) is 0 Å². The van der Waals surface area contributed by atoms with Gasteiger partial charge < -0.3 is 11.1 Å². The Balaban J connectivity index is 2.48. The van der Waals surface area contributed by atoms with E-state index in [1.54, 1.807) is 19.1 Å². The van der Waals surface area contributed by atoms with Crippen LogP contribution in [0.25, 0.3) is 0 Å². The summed E-state index contributed by atoms with van der Waals surface area (Å²) in [5, 5.41) is 3.21. The summed E-state index contributed by atoms with van der Waals surface area (Å²) in [5.41, 5.74) is 4.76. The Kier molecular flexibility index (Phi) is 4.23. The number of primary amides is 1. The predicted octanol–water partition coefficient (Wildman–Crippen LogP) is 1.19. The highest BCUT2D eigenvalue weighted by Gasteiger charge is 2.42. The van der Waals surface area contributed by atoms with Crippen molar-refractivity contribution in [2.75, 3.05) is 26.2 Å². The number of hydrogen-bond acceptors (Lipinski definition) is 3. The van der Waals surface area contributed by atoms with Crippen LogP contribution < -0.4 is 11.1 Å². The fourth-order valence-electron chi connectivity index (χ4n) is 2.44. The molecule has 0 aliphatic carbocycles. The molecule has 19 heavy (non-hydrogen) atoms. The minimum absolute atomic E-state index is 0.316. The van der Waals surface area contributed by atoms with Crippen LogP contribution in [0.1, 0.15) is 12.5 Å². The smallest absolute Gasteiger partial charge is 0.242 e. The molecule has 1 amide bonds. The van der Waals surface area contributed by atoms with Crippen molar-refractivity contribution < 1.29 is 9.18 Å². The lowest BCUT2D eigenvalue weighted by Gasteiger charge is -2.41. The normalized spacial score (nSPS) is 19.9. The zero-order chi connectivity index (χ0) is 14.0. The average molecular weight is 330 g/mol. The first-order chi connectivity index (χ1) is 8.96. The Hall–Kier alpha value is -0.980. The number of halogens is 2. The van der Waals surface area contributed by atoms with E-state index in [-0.39, 0.29) is 0 Å². The molecular formula is C13H17BrFN3O. The molecule has 1 fully saturated rings. The molecule has 0 bridgehead atoms. The van der Waals surface area contributed by atoms with Crippen LogP contribution in [0.5, 0.6) is 0 Å². The van der Waals surface area contributed by atoms with Crippen LogP contribution >= 0.6 is 15.9 Å². The van der Waals surface area contributed by atoms with E-state index < -0.39 is 17.3 Å². The third-order valence-electron chi connectivity index (χ3n) is 3.68. The van der Waals surface area contributed by atoms with Crippen molar-refractivity contribution in [2.45, 2.75) is 12.5 Å². The summed E-state index contributed by atoms with van der Waals surface area (Å²) in [6.45, 7) is 4.53. The first kappa shape index (κ1) is 14.4. The molecule has 2 rings (SSSR count). The van der Waals surface area contributed by atoms with Crippen LogP contribution in [-0.4, -0.2) is 37.0 Å². The first-order valence-corrected chi connectivity index (χ1v) is 6.96. The van der Waals surface area contributed by atoms with Crippen LogP contribution in [0.4, 0.5) is 4.39 Å². The van der Waals surface area contributed by atoms with Crippen molar-refractivity contribution in [3.05, 3.63) is 34.1 Å². The monoisotopic (exact) mass is 329 g/mol. The van der Waals surface area contributed by atoms with Crippen molar-refractivity contribution in [2.24, 2.45) is 5.73 Å². The van der Waals surface area contributed by atoms with Gasteiger partial charge >= 0.3 is 0 Å². The van der Waals surface area contributed by atoms with E-state index >= 15 is 0 Å². The molecule has 1 atom stereocenters. The molecule has 1 heterocycles. The van der Waals surface area contributed by atoms with Gasteiger partial charge in [0, 0.05) is 36.2 Å². The van der Waals surface area contributed by atoms with Crippen molar-refractivity contribution in [1.82, 2.24) is 10.2 Å². The maximum Gasteiger partial charge on any atom is 0.242 e. The van der Waals surface area contributed by atoms with E-state index in [1.807, 2.05) is 4.90 Å². The fourth-order valence-corrected chi connectivity index (χ4v) is 2.80. The number of amides is 1. The van der Waals surface area contributed by atoms with Crippen LogP contribution in [0.3, 0.4) is 0 Å². The highest BCUT2D eigenvalue weighted by Crippen LogP contribution is 2.32. The van der Waals surface area contributed by atoms with E-state index in [1.165, 1.54) is 6.07 Å². The van der Waals surface area contributed by atoms with Gasteiger partial charge in [-0.25, -0.2) is 4.39 Å². The quantitative estimate of drug-likeness (QED) is 0.875. The number of benzene rings is 1. The zero-order valence-corrected chi connectivity index (χ0v) is 12.3. The molecule has 4 nitrogen and oxygen atoms in total. The summed E-state index contributed by atoms with van der Waals surface area (Å²) in [6.07, 6.45) is 0. The molecule has 1 aliphatic rings. The van der Waals surface area contributed by atoms with Gasteiger partial charge in [0.1, 0.15) is 11.4 Å². The number of hydrogen-bond donors (Lipinski definition) is 2. The number of nitrogens with one attached hydrogen (secondary N) is 1. The lowest BCUT2D eigenvalue weighted by atomic mass is 9.88. The molecular weight excluding hydrogens is 313 g/mol. The summed E-state index contributed by atoms with van der Waals surface area (Å²) in [7, 11) is 0. The van der Waals surface area contributed by atoms with Crippen molar-refractivity contribution in [3.63, 3.8) is 0 Å². The van der Waals surface area contributed by atoms with E-state index in [4.69, 9.17) is 5.73 Å². The SMILES string of the molecule is CC(C(N)=O)(c1cc(Br)ccc1F)N1CCNCC1. The summed E-state index contributed by atoms with van der Waals surface area (Å²) in [4.78, 5) is 13.9. The van der Waals surface area contributed by atoms with Crippen LogP contribution in [0.15, 0.2) is 22.7 Å². The van der Waals surface area contributed by atoms with Gasteiger partial charge in [-0.05, 0) is 25.1 Å². The Bertz CT molecular complexity index is 491. The summed E-state index contributed by atoms with van der Waals surface area (Å²) in [6, 6.07) is 4.59. The summed E-state index contributed by atoms with van der Waals surface area (Å²) < 4.78 is 14.8. The van der Waals surface area contributed by atoms with Gasteiger partial charge in [-0.1, -0.05) is 15.9 Å². The number of carbonyl (C=O) groups excluding carboxylic acids is 1.